The fourth-order valence-electron chi connectivity index (χ4n) is 1.91. The van der Waals surface area contributed by atoms with Gasteiger partial charge in [-0.05, 0) is 47.8 Å². The van der Waals surface area contributed by atoms with Crippen LogP contribution in [-0.2, 0) is 6.42 Å². The minimum absolute atomic E-state index is 0.662. The Bertz CT molecular complexity index is 298. The number of hydrogen-bond donors (Lipinski definition) is 1. The lowest BCUT2D eigenvalue weighted by Gasteiger charge is -2.13. The molecule has 0 saturated heterocycles. The molecule has 98 valence electrons. The average Bonchev–Trinajstić information content (AvgIpc) is 2.71. The van der Waals surface area contributed by atoms with Gasteiger partial charge >= 0.3 is 0 Å². The lowest BCUT2D eigenvalue weighted by molar-refractivity contribution is 0.486. The lowest BCUT2D eigenvalue weighted by atomic mass is 10.1. The molecule has 1 unspecified atom stereocenters. The Labute approximate surface area is 118 Å². The Hall–Kier alpha value is 0.140. The summed E-state index contributed by atoms with van der Waals surface area (Å²) in [6.45, 7) is 5.67. The molecule has 1 aromatic heterocycles. The van der Waals surface area contributed by atoms with Crippen molar-refractivity contribution >= 4 is 27.3 Å². The summed E-state index contributed by atoms with van der Waals surface area (Å²) < 4.78 is 1.24. The van der Waals surface area contributed by atoms with Crippen LogP contribution in [0.1, 0.15) is 50.8 Å². The van der Waals surface area contributed by atoms with Crippen LogP contribution in [0.15, 0.2) is 15.9 Å². The highest BCUT2D eigenvalue weighted by Gasteiger charge is 2.02. The van der Waals surface area contributed by atoms with Crippen LogP contribution in [0.2, 0.25) is 0 Å². The van der Waals surface area contributed by atoms with Crippen molar-refractivity contribution in [1.29, 1.82) is 0 Å². The zero-order valence-electron chi connectivity index (χ0n) is 11.0. The normalized spacial score (nSPS) is 12.9. The highest BCUT2D eigenvalue weighted by molar-refractivity contribution is 9.11. The van der Waals surface area contributed by atoms with E-state index in [0.717, 1.165) is 13.0 Å². The molecule has 0 saturated carbocycles. The molecule has 1 atom stereocenters. The predicted octanol–water partition coefficient (Wildman–Crippen LogP) is 5.00. The quantitative estimate of drug-likeness (QED) is 0.632. The summed E-state index contributed by atoms with van der Waals surface area (Å²) in [5.41, 5.74) is 0. The summed E-state index contributed by atoms with van der Waals surface area (Å²) in [6, 6.07) is 5.01. The lowest BCUT2D eigenvalue weighted by Crippen LogP contribution is -2.27. The maximum absolute atomic E-state index is 3.61. The van der Waals surface area contributed by atoms with Gasteiger partial charge in [-0.3, -0.25) is 0 Å². The molecule has 0 aliphatic rings. The Kier molecular flexibility index (Phi) is 8.15. The number of thiophene rings is 1. The van der Waals surface area contributed by atoms with Crippen LogP contribution in [0.3, 0.4) is 0 Å². The second-order valence-electron chi connectivity index (χ2n) is 4.66. The monoisotopic (exact) mass is 317 g/mol. The van der Waals surface area contributed by atoms with Gasteiger partial charge in [0, 0.05) is 17.5 Å². The molecular formula is C14H24BrNS. The van der Waals surface area contributed by atoms with Crippen LogP contribution in [-0.4, -0.2) is 12.6 Å². The van der Waals surface area contributed by atoms with Gasteiger partial charge in [-0.25, -0.2) is 0 Å². The van der Waals surface area contributed by atoms with Crippen LogP contribution in [0.5, 0.6) is 0 Å². The SMILES string of the molecule is CCCCCCC(C)NCCc1ccc(Br)s1. The van der Waals surface area contributed by atoms with Crippen LogP contribution >= 0.6 is 27.3 Å². The van der Waals surface area contributed by atoms with E-state index in [2.05, 4.69) is 47.2 Å². The van der Waals surface area contributed by atoms with Gasteiger partial charge in [0.25, 0.3) is 0 Å². The smallest absolute Gasteiger partial charge is 0.0701 e. The van der Waals surface area contributed by atoms with Crippen molar-refractivity contribution in [3.05, 3.63) is 20.8 Å². The van der Waals surface area contributed by atoms with Crippen LogP contribution in [0, 0.1) is 0 Å². The molecule has 1 N–H and O–H groups in total. The van der Waals surface area contributed by atoms with Gasteiger partial charge in [0.2, 0.25) is 0 Å². The van der Waals surface area contributed by atoms with Crippen molar-refractivity contribution in [2.75, 3.05) is 6.54 Å². The third kappa shape index (κ3) is 7.22. The summed E-state index contributed by atoms with van der Waals surface area (Å²) in [6.07, 6.45) is 7.93. The van der Waals surface area contributed by atoms with E-state index in [1.54, 1.807) is 0 Å². The van der Waals surface area contributed by atoms with Gasteiger partial charge in [0.1, 0.15) is 0 Å². The van der Waals surface area contributed by atoms with E-state index in [1.165, 1.54) is 40.8 Å². The van der Waals surface area contributed by atoms with Crippen molar-refractivity contribution in [2.45, 2.75) is 58.4 Å². The molecule has 1 rings (SSSR count). The number of rotatable bonds is 9. The molecule has 0 radical (unpaired) electrons. The van der Waals surface area contributed by atoms with Gasteiger partial charge in [0.05, 0.1) is 3.79 Å². The highest BCUT2D eigenvalue weighted by Crippen LogP contribution is 2.22. The van der Waals surface area contributed by atoms with E-state index in [0.29, 0.717) is 6.04 Å². The van der Waals surface area contributed by atoms with Crippen molar-refractivity contribution < 1.29 is 0 Å². The van der Waals surface area contributed by atoms with Gasteiger partial charge < -0.3 is 5.32 Å². The van der Waals surface area contributed by atoms with Gasteiger partial charge in [0.15, 0.2) is 0 Å². The predicted molar refractivity (Wildman–Crippen MR) is 81.9 cm³/mol. The van der Waals surface area contributed by atoms with Crippen molar-refractivity contribution in [2.24, 2.45) is 0 Å². The largest absolute Gasteiger partial charge is 0.314 e. The van der Waals surface area contributed by atoms with Crippen LogP contribution in [0.25, 0.3) is 0 Å². The first kappa shape index (κ1) is 15.2. The second-order valence-corrected chi connectivity index (χ2v) is 7.21. The first-order valence-corrected chi connectivity index (χ1v) is 8.31. The summed E-state index contributed by atoms with van der Waals surface area (Å²) in [5, 5.41) is 3.61. The van der Waals surface area contributed by atoms with Crippen LogP contribution < -0.4 is 5.32 Å². The van der Waals surface area contributed by atoms with E-state index in [-0.39, 0.29) is 0 Å². The topological polar surface area (TPSA) is 12.0 Å². The summed E-state index contributed by atoms with van der Waals surface area (Å²) in [5.74, 6) is 0. The zero-order valence-corrected chi connectivity index (χ0v) is 13.4. The second kappa shape index (κ2) is 9.12. The summed E-state index contributed by atoms with van der Waals surface area (Å²) in [7, 11) is 0. The first-order chi connectivity index (χ1) is 8.22. The molecule has 0 amide bonds. The van der Waals surface area contributed by atoms with E-state index < -0.39 is 0 Å². The molecule has 0 aromatic carbocycles. The Morgan fingerprint density at radius 3 is 2.76 bits per heavy atom. The standard InChI is InChI=1S/C14H24BrNS/c1-3-4-5-6-7-12(2)16-11-10-13-8-9-14(15)17-13/h8-9,12,16H,3-7,10-11H2,1-2H3. The molecule has 0 aliphatic heterocycles. The molecule has 1 heterocycles. The first-order valence-electron chi connectivity index (χ1n) is 6.70. The van der Waals surface area contributed by atoms with E-state index in [1.807, 2.05) is 11.3 Å². The average molecular weight is 318 g/mol. The molecular weight excluding hydrogens is 294 g/mol. The number of halogens is 1. The molecule has 1 aromatic rings. The van der Waals surface area contributed by atoms with Gasteiger partial charge in [-0.15, -0.1) is 11.3 Å². The molecule has 0 spiro atoms. The summed E-state index contributed by atoms with van der Waals surface area (Å²) in [4.78, 5) is 1.46. The molecule has 0 bridgehead atoms. The third-order valence-electron chi connectivity index (χ3n) is 2.98. The molecule has 3 heteroatoms. The molecule has 0 fully saturated rings. The van der Waals surface area contributed by atoms with E-state index in [4.69, 9.17) is 0 Å². The van der Waals surface area contributed by atoms with Crippen molar-refractivity contribution in [1.82, 2.24) is 5.32 Å². The zero-order chi connectivity index (χ0) is 12.5. The summed E-state index contributed by atoms with van der Waals surface area (Å²) >= 11 is 5.34. The number of nitrogens with one attached hydrogen (secondary N) is 1. The Morgan fingerprint density at radius 2 is 2.12 bits per heavy atom. The maximum Gasteiger partial charge on any atom is 0.0701 e. The number of hydrogen-bond acceptors (Lipinski definition) is 2. The van der Waals surface area contributed by atoms with Crippen LogP contribution in [0.4, 0.5) is 0 Å². The third-order valence-corrected chi connectivity index (χ3v) is 4.67. The van der Waals surface area contributed by atoms with E-state index >= 15 is 0 Å². The number of unbranched alkanes of at least 4 members (excludes halogenated alkanes) is 3. The van der Waals surface area contributed by atoms with E-state index in [9.17, 15) is 0 Å². The Morgan fingerprint density at radius 1 is 1.29 bits per heavy atom. The van der Waals surface area contributed by atoms with Gasteiger partial charge in [-0.1, -0.05) is 32.6 Å². The molecule has 0 aliphatic carbocycles. The van der Waals surface area contributed by atoms with Crippen molar-refractivity contribution in [3.63, 3.8) is 0 Å². The fraction of sp³-hybridized carbons (Fsp3) is 0.714. The minimum Gasteiger partial charge on any atom is -0.314 e. The molecule has 1 nitrogen and oxygen atoms in total. The van der Waals surface area contributed by atoms with Gasteiger partial charge in [-0.2, -0.15) is 0 Å². The highest BCUT2D eigenvalue weighted by atomic mass is 79.9. The maximum atomic E-state index is 3.61. The Balaban J connectivity index is 2.02. The fourth-order valence-corrected chi connectivity index (χ4v) is 3.39. The minimum atomic E-state index is 0.662. The molecule has 17 heavy (non-hydrogen) atoms. The van der Waals surface area contributed by atoms with Crippen molar-refractivity contribution in [3.8, 4) is 0 Å².